The highest BCUT2D eigenvalue weighted by Gasteiger charge is 2.30. The standard InChI is InChI=1S/C16H30N2O2/c1-12-5-4-6-15(13(12)2)17-14-7-9-18(10-8-14)16(19)11-20-3/h12-15,17H,4-11H2,1-3H3. The summed E-state index contributed by atoms with van der Waals surface area (Å²) < 4.78 is 4.92. The summed E-state index contributed by atoms with van der Waals surface area (Å²) in [5, 5.41) is 3.86. The molecular formula is C16H30N2O2. The topological polar surface area (TPSA) is 41.6 Å². The smallest absolute Gasteiger partial charge is 0.248 e. The third-order valence-electron chi connectivity index (χ3n) is 5.27. The van der Waals surface area contributed by atoms with E-state index in [4.69, 9.17) is 4.74 Å². The summed E-state index contributed by atoms with van der Waals surface area (Å²) in [5.74, 6) is 1.74. The molecule has 4 heteroatoms. The van der Waals surface area contributed by atoms with Gasteiger partial charge in [-0.15, -0.1) is 0 Å². The summed E-state index contributed by atoms with van der Waals surface area (Å²) in [5.41, 5.74) is 0. The van der Waals surface area contributed by atoms with Crippen molar-refractivity contribution < 1.29 is 9.53 Å². The van der Waals surface area contributed by atoms with Crippen LogP contribution in [-0.4, -0.2) is 49.7 Å². The lowest BCUT2D eigenvalue weighted by Gasteiger charge is -2.40. The van der Waals surface area contributed by atoms with Crippen LogP contribution in [0.15, 0.2) is 0 Å². The van der Waals surface area contributed by atoms with Crippen molar-refractivity contribution in [2.24, 2.45) is 11.8 Å². The maximum Gasteiger partial charge on any atom is 0.248 e. The van der Waals surface area contributed by atoms with Gasteiger partial charge >= 0.3 is 0 Å². The molecule has 116 valence electrons. The van der Waals surface area contributed by atoms with Crippen LogP contribution < -0.4 is 5.32 Å². The number of amides is 1. The van der Waals surface area contributed by atoms with E-state index in [1.54, 1.807) is 7.11 Å². The van der Waals surface area contributed by atoms with E-state index in [1.807, 2.05) is 4.90 Å². The SMILES string of the molecule is COCC(=O)N1CCC(NC2CCCC(C)C2C)CC1. The van der Waals surface area contributed by atoms with Crippen molar-refractivity contribution in [3.05, 3.63) is 0 Å². The highest BCUT2D eigenvalue weighted by Crippen LogP contribution is 2.30. The van der Waals surface area contributed by atoms with Crippen LogP contribution in [0.1, 0.15) is 46.0 Å². The first-order chi connectivity index (χ1) is 9.61. The van der Waals surface area contributed by atoms with Crippen LogP contribution in [0, 0.1) is 11.8 Å². The zero-order valence-corrected chi connectivity index (χ0v) is 13.2. The summed E-state index contributed by atoms with van der Waals surface area (Å²) in [6.45, 7) is 6.73. The molecule has 1 heterocycles. The van der Waals surface area contributed by atoms with Gasteiger partial charge in [-0.05, 0) is 31.1 Å². The van der Waals surface area contributed by atoms with Gasteiger partial charge in [-0.2, -0.15) is 0 Å². The molecule has 0 aromatic rings. The van der Waals surface area contributed by atoms with Crippen LogP contribution in [0.25, 0.3) is 0 Å². The minimum atomic E-state index is 0.130. The fourth-order valence-electron chi connectivity index (χ4n) is 3.63. The molecule has 0 aromatic heterocycles. The molecule has 0 radical (unpaired) electrons. The molecule has 1 amide bonds. The zero-order chi connectivity index (χ0) is 14.5. The highest BCUT2D eigenvalue weighted by molar-refractivity contribution is 5.77. The molecule has 20 heavy (non-hydrogen) atoms. The van der Waals surface area contributed by atoms with Gasteiger partial charge in [0.2, 0.25) is 5.91 Å². The molecule has 1 N–H and O–H groups in total. The zero-order valence-electron chi connectivity index (χ0n) is 13.2. The Bertz CT molecular complexity index is 314. The largest absolute Gasteiger partial charge is 0.375 e. The number of nitrogens with one attached hydrogen (secondary N) is 1. The quantitative estimate of drug-likeness (QED) is 0.858. The van der Waals surface area contributed by atoms with Gasteiger partial charge in [0, 0.05) is 32.3 Å². The molecule has 0 bridgehead atoms. The summed E-state index contributed by atoms with van der Waals surface area (Å²) in [6, 6.07) is 1.25. The summed E-state index contributed by atoms with van der Waals surface area (Å²) in [6.07, 6.45) is 6.20. The number of rotatable bonds is 4. The number of likely N-dealkylation sites (tertiary alicyclic amines) is 1. The van der Waals surface area contributed by atoms with Crippen molar-refractivity contribution in [3.8, 4) is 0 Å². The Morgan fingerprint density at radius 3 is 2.55 bits per heavy atom. The Kier molecular flexibility index (Phi) is 5.85. The molecule has 1 saturated carbocycles. The number of piperidine rings is 1. The van der Waals surface area contributed by atoms with Crippen LogP contribution in [0.5, 0.6) is 0 Å². The lowest BCUT2D eigenvalue weighted by molar-refractivity contribution is -0.136. The second-order valence-electron chi connectivity index (χ2n) is 6.63. The average molecular weight is 282 g/mol. The maximum atomic E-state index is 11.8. The van der Waals surface area contributed by atoms with Crippen molar-refractivity contribution in [3.63, 3.8) is 0 Å². The predicted molar refractivity (Wildman–Crippen MR) is 80.6 cm³/mol. The molecule has 3 unspecified atom stereocenters. The molecule has 2 fully saturated rings. The second-order valence-corrected chi connectivity index (χ2v) is 6.63. The van der Waals surface area contributed by atoms with Gasteiger partial charge in [0.1, 0.15) is 6.61 Å². The van der Waals surface area contributed by atoms with Crippen LogP contribution in [-0.2, 0) is 9.53 Å². The van der Waals surface area contributed by atoms with Crippen LogP contribution in [0.4, 0.5) is 0 Å². The summed E-state index contributed by atoms with van der Waals surface area (Å²) in [7, 11) is 1.58. The molecule has 1 aliphatic heterocycles. The van der Waals surface area contributed by atoms with Gasteiger partial charge < -0.3 is 15.0 Å². The van der Waals surface area contributed by atoms with Gasteiger partial charge in [0.15, 0.2) is 0 Å². The number of nitrogens with zero attached hydrogens (tertiary/aromatic N) is 1. The van der Waals surface area contributed by atoms with Gasteiger partial charge in [0.05, 0.1) is 0 Å². The Hall–Kier alpha value is -0.610. The van der Waals surface area contributed by atoms with E-state index in [2.05, 4.69) is 19.2 Å². The van der Waals surface area contributed by atoms with E-state index in [0.29, 0.717) is 12.1 Å². The maximum absolute atomic E-state index is 11.8. The molecule has 1 aliphatic carbocycles. The Balaban J connectivity index is 1.75. The van der Waals surface area contributed by atoms with E-state index < -0.39 is 0 Å². The predicted octanol–water partition coefficient (Wildman–Crippen LogP) is 2.04. The van der Waals surface area contributed by atoms with Crippen molar-refractivity contribution in [1.29, 1.82) is 0 Å². The van der Waals surface area contributed by atoms with Crippen molar-refractivity contribution in [2.45, 2.75) is 58.0 Å². The molecule has 4 nitrogen and oxygen atoms in total. The average Bonchev–Trinajstić information content (AvgIpc) is 2.45. The van der Waals surface area contributed by atoms with E-state index >= 15 is 0 Å². The van der Waals surface area contributed by atoms with E-state index in [-0.39, 0.29) is 12.5 Å². The second kappa shape index (κ2) is 7.41. The molecule has 2 rings (SSSR count). The minimum absolute atomic E-state index is 0.130. The lowest BCUT2D eigenvalue weighted by Crippen LogP contribution is -2.51. The van der Waals surface area contributed by atoms with Crippen LogP contribution in [0.2, 0.25) is 0 Å². The number of methoxy groups -OCH3 is 1. The minimum Gasteiger partial charge on any atom is -0.375 e. The fourth-order valence-corrected chi connectivity index (χ4v) is 3.63. The molecular weight excluding hydrogens is 252 g/mol. The number of hydrogen-bond acceptors (Lipinski definition) is 3. The normalized spacial score (nSPS) is 32.4. The highest BCUT2D eigenvalue weighted by atomic mass is 16.5. The lowest BCUT2D eigenvalue weighted by atomic mass is 9.77. The molecule has 1 saturated heterocycles. The first-order valence-corrected chi connectivity index (χ1v) is 8.14. The monoisotopic (exact) mass is 282 g/mol. The molecule has 2 aliphatic rings. The van der Waals surface area contributed by atoms with E-state index in [1.165, 1.54) is 19.3 Å². The van der Waals surface area contributed by atoms with Crippen LogP contribution in [0.3, 0.4) is 0 Å². The Morgan fingerprint density at radius 2 is 1.90 bits per heavy atom. The third-order valence-corrected chi connectivity index (χ3v) is 5.27. The first-order valence-electron chi connectivity index (χ1n) is 8.14. The van der Waals surface area contributed by atoms with Crippen LogP contribution >= 0.6 is 0 Å². The fraction of sp³-hybridized carbons (Fsp3) is 0.938. The van der Waals surface area contributed by atoms with Gasteiger partial charge in [-0.25, -0.2) is 0 Å². The third kappa shape index (κ3) is 3.95. The molecule has 3 atom stereocenters. The van der Waals surface area contributed by atoms with E-state index in [0.717, 1.165) is 37.8 Å². The van der Waals surface area contributed by atoms with Crippen molar-refractivity contribution in [1.82, 2.24) is 10.2 Å². The van der Waals surface area contributed by atoms with Crippen molar-refractivity contribution >= 4 is 5.91 Å². The van der Waals surface area contributed by atoms with Crippen molar-refractivity contribution in [2.75, 3.05) is 26.8 Å². The number of hydrogen-bond donors (Lipinski definition) is 1. The number of ether oxygens (including phenoxy) is 1. The molecule has 0 aromatic carbocycles. The van der Waals surface area contributed by atoms with Gasteiger partial charge in [-0.1, -0.05) is 26.7 Å². The summed E-state index contributed by atoms with van der Waals surface area (Å²) in [4.78, 5) is 13.7. The Morgan fingerprint density at radius 1 is 1.20 bits per heavy atom. The van der Waals surface area contributed by atoms with Gasteiger partial charge in [-0.3, -0.25) is 4.79 Å². The Labute approximate surface area is 123 Å². The molecule has 0 spiro atoms. The number of carbonyl (C=O) groups is 1. The number of carbonyl (C=O) groups excluding carboxylic acids is 1. The van der Waals surface area contributed by atoms with E-state index in [9.17, 15) is 4.79 Å². The summed E-state index contributed by atoms with van der Waals surface area (Å²) >= 11 is 0. The van der Waals surface area contributed by atoms with Gasteiger partial charge in [0.25, 0.3) is 0 Å². The first kappa shape index (κ1) is 15.8.